The first-order valence-electron chi connectivity index (χ1n) is 7.24. The Balaban J connectivity index is 2.33. The van der Waals surface area contributed by atoms with Gasteiger partial charge in [0.1, 0.15) is 28.0 Å². The predicted molar refractivity (Wildman–Crippen MR) is 83.6 cm³/mol. The largest absolute Gasteiger partial charge is 0.453 e. The zero-order chi connectivity index (χ0) is 20.9. The van der Waals surface area contributed by atoms with Crippen LogP contribution < -0.4 is 5.14 Å². The van der Waals surface area contributed by atoms with Crippen LogP contribution in [0.15, 0.2) is 45.8 Å². The summed E-state index contributed by atoms with van der Waals surface area (Å²) in [6, 6.07) is 4.35. The number of sulfonamides is 1. The number of nitrogens with two attached hydrogens (primary N) is 1. The van der Waals surface area contributed by atoms with Gasteiger partial charge in [-0.3, -0.25) is 0 Å². The molecule has 12 heteroatoms. The second-order valence-electron chi connectivity index (χ2n) is 5.55. The number of aromatic nitrogens is 1. The van der Waals surface area contributed by atoms with Crippen LogP contribution in [0.25, 0.3) is 22.4 Å². The Hall–Kier alpha value is -2.86. The van der Waals surface area contributed by atoms with Crippen LogP contribution in [0.4, 0.5) is 26.3 Å². The monoisotopic (exact) mass is 422 g/mol. The van der Waals surface area contributed by atoms with Gasteiger partial charge in [-0.1, -0.05) is 5.16 Å². The number of rotatable bonds is 3. The number of halogens is 6. The molecule has 0 bridgehead atoms. The van der Waals surface area contributed by atoms with E-state index in [1.165, 1.54) is 0 Å². The number of primary sulfonamides is 1. The van der Waals surface area contributed by atoms with Gasteiger partial charge in [-0.05, 0) is 36.4 Å². The molecule has 0 fully saturated rings. The third-order valence-electron chi connectivity index (χ3n) is 3.66. The SMILES string of the molecule is NS(=O)(=O)c1cc(F)c(-c2c(-c3ccc(F)cc3)noc2C(F)(F)F)cc1F. The molecule has 28 heavy (non-hydrogen) atoms. The minimum Gasteiger partial charge on any atom is -0.350 e. The fraction of sp³-hybridized carbons (Fsp3) is 0.0625. The zero-order valence-electron chi connectivity index (χ0n) is 13.4. The number of hydrogen-bond acceptors (Lipinski definition) is 4. The maximum atomic E-state index is 14.5. The van der Waals surface area contributed by atoms with E-state index in [0.29, 0.717) is 0 Å². The van der Waals surface area contributed by atoms with Gasteiger partial charge >= 0.3 is 6.18 Å². The van der Waals surface area contributed by atoms with E-state index in [1.807, 2.05) is 0 Å². The summed E-state index contributed by atoms with van der Waals surface area (Å²) in [7, 11) is -4.67. The maximum Gasteiger partial charge on any atom is 0.453 e. The Bertz CT molecular complexity index is 1150. The Kier molecular flexibility index (Phi) is 4.71. The van der Waals surface area contributed by atoms with E-state index in [9.17, 15) is 34.8 Å². The number of benzene rings is 2. The second-order valence-corrected chi connectivity index (χ2v) is 7.08. The van der Waals surface area contributed by atoms with Crippen molar-refractivity contribution >= 4 is 10.0 Å². The summed E-state index contributed by atoms with van der Waals surface area (Å²) in [6.07, 6.45) is -5.14. The summed E-state index contributed by atoms with van der Waals surface area (Å²) in [5.74, 6) is -5.52. The fourth-order valence-corrected chi connectivity index (χ4v) is 3.07. The topological polar surface area (TPSA) is 86.2 Å². The van der Waals surface area contributed by atoms with E-state index in [4.69, 9.17) is 5.14 Å². The first-order chi connectivity index (χ1) is 12.9. The molecule has 2 aromatic carbocycles. The van der Waals surface area contributed by atoms with Gasteiger partial charge in [0, 0.05) is 11.1 Å². The fourth-order valence-electron chi connectivity index (χ4n) is 2.48. The first kappa shape index (κ1) is 19.9. The van der Waals surface area contributed by atoms with E-state index in [2.05, 4.69) is 9.68 Å². The molecule has 0 saturated heterocycles. The van der Waals surface area contributed by atoms with E-state index in [1.54, 1.807) is 0 Å². The van der Waals surface area contributed by atoms with Crippen molar-refractivity contribution in [2.45, 2.75) is 11.1 Å². The van der Waals surface area contributed by atoms with Crippen LogP contribution in [0.5, 0.6) is 0 Å². The van der Waals surface area contributed by atoms with Gasteiger partial charge < -0.3 is 4.52 Å². The summed E-state index contributed by atoms with van der Waals surface area (Å²) < 4.78 is 108. The molecule has 0 atom stereocenters. The molecule has 148 valence electrons. The number of alkyl halides is 3. The van der Waals surface area contributed by atoms with Gasteiger partial charge in [0.25, 0.3) is 0 Å². The van der Waals surface area contributed by atoms with Crippen molar-refractivity contribution in [3.63, 3.8) is 0 Å². The van der Waals surface area contributed by atoms with Crippen LogP contribution in [-0.2, 0) is 16.2 Å². The summed E-state index contributed by atoms with van der Waals surface area (Å²) in [4.78, 5) is -1.23. The highest BCUT2D eigenvalue weighted by atomic mass is 32.2. The highest BCUT2D eigenvalue weighted by Gasteiger charge is 2.42. The highest BCUT2D eigenvalue weighted by Crippen LogP contribution is 2.44. The molecule has 5 nitrogen and oxygen atoms in total. The van der Waals surface area contributed by atoms with Crippen molar-refractivity contribution in [1.82, 2.24) is 5.16 Å². The zero-order valence-corrected chi connectivity index (χ0v) is 14.2. The average Bonchev–Trinajstić information content (AvgIpc) is 3.01. The van der Waals surface area contributed by atoms with Crippen molar-refractivity contribution in [1.29, 1.82) is 0 Å². The normalized spacial score (nSPS) is 12.4. The maximum absolute atomic E-state index is 14.5. The molecule has 1 aromatic heterocycles. The van der Waals surface area contributed by atoms with E-state index in [-0.39, 0.29) is 17.7 Å². The highest BCUT2D eigenvalue weighted by molar-refractivity contribution is 7.89. The van der Waals surface area contributed by atoms with Crippen LogP contribution in [0.2, 0.25) is 0 Å². The average molecular weight is 422 g/mol. The summed E-state index contributed by atoms with van der Waals surface area (Å²) in [5, 5.41) is 8.00. The standard InChI is InChI=1S/C16H8F6N2O3S/c17-8-3-1-7(2-4-8)14-13(15(27-24-14)16(20,21)22)9-5-11(19)12(6-10(9)18)28(23,25)26/h1-6H,(H2,23,25,26). The number of hydrogen-bond donors (Lipinski definition) is 1. The molecule has 0 saturated carbocycles. The molecule has 0 amide bonds. The molecule has 0 radical (unpaired) electrons. The molecule has 0 aliphatic rings. The van der Waals surface area contributed by atoms with Crippen LogP contribution >= 0.6 is 0 Å². The van der Waals surface area contributed by atoms with Crippen molar-refractivity contribution in [3.05, 3.63) is 59.6 Å². The molecule has 0 unspecified atom stereocenters. The van der Waals surface area contributed by atoms with Crippen LogP contribution in [0.3, 0.4) is 0 Å². The molecular formula is C16H8F6N2O3S. The van der Waals surface area contributed by atoms with Gasteiger partial charge in [0.15, 0.2) is 0 Å². The lowest BCUT2D eigenvalue weighted by molar-refractivity contribution is -0.154. The molecule has 0 aliphatic heterocycles. The third kappa shape index (κ3) is 3.60. The molecule has 3 rings (SSSR count). The van der Waals surface area contributed by atoms with Gasteiger partial charge in [0.05, 0.1) is 5.56 Å². The van der Waals surface area contributed by atoms with Gasteiger partial charge in [-0.15, -0.1) is 0 Å². The van der Waals surface area contributed by atoms with Gasteiger partial charge in [0.2, 0.25) is 15.8 Å². The third-order valence-corrected chi connectivity index (χ3v) is 4.59. The molecule has 3 aromatic rings. The minimum absolute atomic E-state index is 0.0778. The van der Waals surface area contributed by atoms with Crippen LogP contribution in [0.1, 0.15) is 5.76 Å². The lowest BCUT2D eigenvalue weighted by Crippen LogP contribution is -2.15. The van der Waals surface area contributed by atoms with E-state index in [0.717, 1.165) is 24.3 Å². The smallest absolute Gasteiger partial charge is 0.350 e. The van der Waals surface area contributed by atoms with Gasteiger partial charge in [-0.2, -0.15) is 13.2 Å². The van der Waals surface area contributed by atoms with Crippen molar-refractivity contribution in [2.24, 2.45) is 5.14 Å². The lowest BCUT2D eigenvalue weighted by Gasteiger charge is -2.10. The lowest BCUT2D eigenvalue weighted by atomic mass is 9.98. The Morgan fingerprint density at radius 1 is 0.964 bits per heavy atom. The van der Waals surface area contributed by atoms with Crippen molar-refractivity contribution in [3.8, 4) is 22.4 Å². The quantitative estimate of drug-likeness (QED) is 0.645. The molecule has 0 aliphatic carbocycles. The molecule has 1 heterocycles. The van der Waals surface area contributed by atoms with Crippen molar-refractivity contribution in [2.75, 3.05) is 0 Å². The summed E-state index contributed by atoms with van der Waals surface area (Å²) >= 11 is 0. The molecule has 0 spiro atoms. The van der Waals surface area contributed by atoms with E-state index >= 15 is 0 Å². The van der Waals surface area contributed by atoms with Crippen molar-refractivity contribution < 1.29 is 39.3 Å². The molecular weight excluding hydrogens is 414 g/mol. The first-order valence-corrected chi connectivity index (χ1v) is 8.79. The predicted octanol–water partition coefficient (Wildman–Crippen LogP) is 4.09. The molecule has 2 N–H and O–H groups in total. The number of nitrogens with zero attached hydrogens (tertiary/aromatic N) is 1. The van der Waals surface area contributed by atoms with Crippen LogP contribution in [-0.4, -0.2) is 13.6 Å². The summed E-state index contributed by atoms with van der Waals surface area (Å²) in [6.45, 7) is 0. The minimum atomic E-state index is -5.14. The summed E-state index contributed by atoms with van der Waals surface area (Å²) in [5.41, 5.74) is -2.56. The van der Waals surface area contributed by atoms with Gasteiger partial charge in [-0.25, -0.2) is 26.7 Å². The second kappa shape index (κ2) is 6.63. The Labute approximate surface area is 153 Å². The Morgan fingerprint density at radius 3 is 2.11 bits per heavy atom. The Morgan fingerprint density at radius 2 is 1.57 bits per heavy atom. The van der Waals surface area contributed by atoms with Crippen LogP contribution in [0, 0.1) is 17.5 Å². The van der Waals surface area contributed by atoms with E-state index < -0.39 is 61.1 Å².